The number of methoxy groups -OCH3 is 1. The highest BCUT2D eigenvalue weighted by Gasteiger charge is 2.11. The topological polar surface area (TPSA) is 61.5 Å². The van der Waals surface area contributed by atoms with Crippen molar-refractivity contribution >= 4 is 21.9 Å². The maximum Gasteiger partial charge on any atom is 0.305 e. The highest BCUT2D eigenvalue weighted by Crippen LogP contribution is 2.29. The Balaban J connectivity index is 2.56. The summed E-state index contributed by atoms with van der Waals surface area (Å²) in [5.74, 6) is 0.623. The van der Waals surface area contributed by atoms with Crippen molar-refractivity contribution in [3.8, 4) is 5.75 Å². The van der Waals surface area contributed by atoms with Crippen LogP contribution in [0.3, 0.4) is 0 Å². The number of carbonyl (C=O) groups excluding carboxylic acids is 1. The van der Waals surface area contributed by atoms with E-state index in [0.717, 1.165) is 22.2 Å². The van der Waals surface area contributed by atoms with Crippen molar-refractivity contribution in [1.29, 1.82) is 0 Å². The molecule has 2 N–H and O–H groups in total. The summed E-state index contributed by atoms with van der Waals surface area (Å²) in [7, 11) is 1.39. The van der Waals surface area contributed by atoms with E-state index in [2.05, 4.69) is 20.7 Å². The van der Waals surface area contributed by atoms with Crippen molar-refractivity contribution in [2.24, 2.45) is 5.73 Å². The zero-order valence-corrected chi connectivity index (χ0v) is 12.9. The molecule has 1 aromatic carbocycles. The molecule has 19 heavy (non-hydrogen) atoms. The standard InChI is InChI=1S/C14H20BrNO3/c1-3-19-10-7-8-11(12(15)9-10)13(16)5-4-6-14(17)18-2/h7-9,13H,3-6,16H2,1-2H3. The van der Waals surface area contributed by atoms with Crippen LogP contribution in [0.4, 0.5) is 0 Å². The first-order valence-electron chi connectivity index (χ1n) is 6.33. The fourth-order valence-corrected chi connectivity index (χ4v) is 2.44. The van der Waals surface area contributed by atoms with E-state index in [1.54, 1.807) is 0 Å². The van der Waals surface area contributed by atoms with Gasteiger partial charge < -0.3 is 15.2 Å². The first-order chi connectivity index (χ1) is 9.08. The van der Waals surface area contributed by atoms with Gasteiger partial charge in [0, 0.05) is 16.9 Å². The quantitative estimate of drug-likeness (QED) is 0.780. The predicted molar refractivity (Wildman–Crippen MR) is 78.1 cm³/mol. The first-order valence-corrected chi connectivity index (χ1v) is 7.12. The van der Waals surface area contributed by atoms with Crippen LogP contribution in [0, 0.1) is 0 Å². The van der Waals surface area contributed by atoms with E-state index in [-0.39, 0.29) is 12.0 Å². The molecule has 0 saturated heterocycles. The lowest BCUT2D eigenvalue weighted by Crippen LogP contribution is -2.12. The summed E-state index contributed by atoms with van der Waals surface area (Å²) in [6, 6.07) is 5.68. The van der Waals surface area contributed by atoms with Crippen LogP contribution in [0.1, 0.15) is 37.8 Å². The van der Waals surface area contributed by atoms with Crippen molar-refractivity contribution in [1.82, 2.24) is 0 Å². The highest BCUT2D eigenvalue weighted by atomic mass is 79.9. The number of benzene rings is 1. The summed E-state index contributed by atoms with van der Waals surface area (Å²) in [5.41, 5.74) is 7.15. The predicted octanol–water partition coefficient (Wildman–Crippen LogP) is 3.19. The third-order valence-corrected chi connectivity index (χ3v) is 3.49. The number of nitrogens with two attached hydrogens (primary N) is 1. The van der Waals surface area contributed by atoms with Gasteiger partial charge in [-0.2, -0.15) is 0 Å². The molecular weight excluding hydrogens is 310 g/mol. The second-order valence-corrected chi connectivity index (χ2v) is 5.05. The van der Waals surface area contributed by atoms with Gasteiger partial charge in [-0.25, -0.2) is 0 Å². The number of hydrogen-bond acceptors (Lipinski definition) is 4. The number of esters is 1. The second kappa shape index (κ2) is 8.17. The molecule has 0 bridgehead atoms. The van der Waals surface area contributed by atoms with Crippen LogP contribution in [0.2, 0.25) is 0 Å². The van der Waals surface area contributed by atoms with Gasteiger partial charge in [-0.05, 0) is 37.5 Å². The number of carbonyl (C=O) groups is 1. The minimum absolute atomic E-state index is 0.102. The Kier molecular flexibility index (Phi) is 6.87. The number of halogens is 1. The number of rotatable bonds is 7. The SMILES string of the molecule is CCOc1ccc(C(N)CCCC(=O)OC)c(Br)c1. The summed E-state index contributed by atoms with van der Waals surface area (Å²) in [6.07, 6.45) is 1.86. The Morgan fingerprint density at radius 2 is 2.21 bits per heavy atom. The van der Waals surface area contributed by atoms with Crippen molar-refractivity contribution in [2.45, 2.75) is 32.2 Å². The van der Waals surface area contributed by atoms with Crippen LogP contribution in [0.15, 0.2) is 22.7 Å². The van der Waals surface area contributed by atoms with E-state index in [4.69, 9.17) is 10.5 Å². The summed E-state index contributed by atoms with van der Waals surface area (Å²) in [6.45, 7) is 2.58. The van der Waals surface area contributed by atoms with Gasteiger partial charge in [0.15, 0.2) is 0 Å². The lowest BCUT2D eigenvalue weighted by Gasteiger charge is -2.14. The highest BCUT2D eigenvalue weighted by molar-refractivity contribution is 9.10. The Morgan fingerprint density at radius 1 is 1.47 bits per heavy atom. The Hall–Kier alpha value is -1.07. The van der Waals surface area contributed by atoms with Gasteiger partial charge in [-0.1, -0.05) is 22.0 Å². The van der Waals surface area contributed by atoms with E-state index in [1.165, 1.54) is 7.11 Å². The zero-order valence-electron chi connectivity index (χ0n) is 11.3. The molecule has 1 atom stereocenters. The molecule has 5 heteroatoms. The van der Waals surface area contributed by atoms with E-state index in [1.807, 2.05) is 25.1 Å². The van der Waals surface area contributed by atoms with Crippen LogP contribution in [-0.4, -0.2) is 19.7 Å². The van der Waals surface area contributed by atoms with Gasteiger partial charge >= 0.3 is 5.97 Å². The fraction of sp³-hybridized carbons (Fsp3) is 0.500. The third kappa shape index (κ3) is 5.20. The molecule has 0 aromatic heterocycles. The van der Waals surface area contributed by atoms with Crippen molar-refractivity contribution in [2.75, 3.05) is 13.7 Å². The van der Waals surface area contributed by atoms with E-state index in [0.29, 0.717) is 19.4 Å². The van der Waals surface area contributed by atoms with Crippen LogP contribution in [0.5, 0.6) is 5.75 Å². The molecule has 1 aromatic rings. The molecule has 0 aliphatic heterocycles. The van der Waals surface area contributed by atoms with E-state index >= 15 is 0 Å². The zero-order chi connectivity index (χ0) is 14.3. The molecular formula is C14H20BrNO3. The largest absolute Gasteiger partial charge is 0.494 e. The Morgan fingerprint density at radius 3 is 2.79 bits per heavy atom. The lowest BCUT2D eigenvalue weighted by atomic mass is 10.0. The van der Waals surface area contributed by atoms with Crippen LogP contribution >= 0.6 is 15.9 Å². The van der Waals surface area contributed by atoms with Gasteiger partial charge in [0.05, 0.1) is 13.7 Å². The minimum Gasteiger partial charge on any atom is -0.494 e. The van der Waals surface area contributed by atoms with Crippen molar-refractivity contribution in [3.05, 3.63) is 28.2 Å². The molecule has 0 radical (unpaired) electrons. The molecule has 0 saturated carbocycles. The van der Waals surface area contributed by atoms with Gasteiger partial charge in [-0.15, -0.1) is 0 Å². The minimum atomic E-state index is -0.196. The lowest BCUT2D eigenvalue weighted by molar-refractivity contribution is -0.140. The maximum atomic E-state index is 11.0. The molecule has 0 heterocycles. The summed E-state index contributed by atoms with van der Waals surface area (Å²) >= 11 is 3.50. The van der Waals surface area contributed by atoms with Gasteiger partial charge in [0.25, 0.3) is 0 Å². The first kappa shape index (κ1) is 16.0. The average molecular weight is 330 g/mol. The normalized spacial score (nSPS) is 12.0. The molecule has 1 unspecified atom stereocenters. The molecule has 0 aliphatic carbocycles. The van der Waals surface area contributed by atoms with Gasteiger partial charge in [0.2, 0.25) is 0 Å². The smallest absolute Gasteiger partial charge is 0.305 e. The molecule has 106 valence electrons. The molecule has 0 spiro atoms. The maximum absolute atomic E-state index is 11.0. The van der Waals surface area contributed by atoms with Crippen molar-refractivity contribution in [3.63, 3.8) is 0 Å². The molecule has 1 rings (SSSR count). The fourth-order valence-electron chi connectivity index (χ4n) is 1.79. The van der Waals surface area contributed by atoms with Crippen LogP contribution in [0.25, 0.3) is 0 Å². The summed E-state index contributed by atoms with van der Waals surface area (Å²) < 4.78 is 10.9. The average Bonchev–Trinajstić information content (AvgIpc) is 2.38. The molecule has 4 nitrogen and oxygen atoms in total. The third-order valence-electron chi connectivity index (χ3n) is 2.81. The summed E-state index contributed by atoms with van der Waals surface area (Å²) in [5, 5.41) is 0. The molecule has 0 fully saturated rings. The van der Waals surface area contributed by atoms with Gasteiger partial charge in [-0.3, -0.25) is 4.79 Å². The monoisotopic (exact) mass is 329 g/mol. The summed E-state index contributed by atoms with van der Waals surface area (Å²) in [4.78, 5) is 11.0. The second-order valence-electron chi connectivity index (χ2n) is 4.19. The van der Waals surface area contributed by atoms with E-state index < -0.39 is 0 Å². The van der Waals surface area contributed by atoms with Crippen molar-refractivity contribution < 1.29 is 14.3 Å². The molecule has 0 amide bonds. The number of hydrogen-bond donors (Lipinski definition) is 1. The Labute approximate surface area is 122 Å². The van der Waals surface area contributed by atoms with Gasteiger partial charge in [0.1, 0.15) is 5.75 Å². The van der Waals surface area contributed by atoms with E-state index in [9.17, 15) is 4.79 Å². The molecule has 0 aliphatic rings. The Bertz CT molecular complexity index is 423. The number of ether oxygens (including phenoxy) is 2. The van der Waals surface area contributed by atoms with Crippen LogP contribution in [-0.2, 0) is 9.53 Å². The van der Waals surface area contributed by atoms with Crippen LogP contribution < -0.4 is 10.5 Å².